The molecule has 0 aliphatic carbocycles. The highest BCUT2D eigenvalue weighted by Gasteiger charge is 2.24. The minimum Gasteiger partial charge on any atom is -0.310 e. The predicted octanol–water partition coefficient (Wildman–Crippen LogP) is 4.52. The molecule has 1 nitrogen and oxygen atoms in total. The molecule has 0 saturated carbocycles. The van der Waals surface area contributed by atoms with Gasteiger partial charge in [0.2, 0.25) is 0 Å². The first-order valence-corrected chi connectivity index (χ1v) is 8.55. The van der Waals surface area contributed by atoms with Crippen LogP contribution in [-0.2, 0) is 6.54 Å². The zero-order chi connectivity index (χ0) is 12.0. The molecule has 1 aromatic rings. The Kier molecular flexibility index (Phi) is 6.40. The van der Waals surface area contributed by atoms with Crippen LogP contribution in [0.2, 0.25) is 0 Å². The lowest BCUT2D eigenvalue weighted by molar-refractivity contribution is 0.496. The third kappa shape index (κ3) is 3.76. The molecule has 0 amide bonds. The third-order valence-corrected chi connectivity index (χ3v) is 6.66. The van der Waals surface area contributed by atoms with Gasteiger partial charge in [0, 0.05) is 27.2 Å². The maximum atomic E-state index is 3.58. The van der Waals surface area contributed by atoms with Gasteiger partial charge in [-0.1, -0.05) is 13.8 Å². The van der Waals surface area contributed by atoms with Crippen LogP contribution >= 0.6 is 39.0 Å². The monoisotopic (exact) mass is 321 g/mol. The molecule has 4 heteroatoms. The number of rotatable bonds is 7. The summed E-state index contributed by atoms with van der Waals surface area (Å²) in [5, 5.41) is 5.71. The minimum atomic E-state index is 0.406. The van der Waals surface area contributed by atoms with Crippen molar-refractivity contribution in [2.45, 2.75) is 38.0 Å². The largest absolute Gasteiger partial charge is 0.310 e. The summed E-state index contributed by atoms with van der Waals surface area (Å²) in [6.07, 6.45) is 4.67. The van der Waals surface area contributed by atoms with Crippen molar-refractivity contribution in [1.29, 1.82) is 0 Å². The Bertz CT molecular complexity index is 299. The van der Waals surface area contributed by atoms with Gasteiger partial charge in [-0.05, 0) is 46.5 Å². The van der Waals surface area contributed by atoms with Crippen molar-refractivity contribution in [3.05, 3.63) is 20.8 Å². The maximum Gasteiger partial charge on any atom is 0.0327 e. The quantitative estimate of drug-likeness (QED) is 0.792. The zero-order valence-electron chi connectivity index (χ0n) is 10.2. The first-order valence-electron chi connectivity index (χ1n) is 5.65. The average molecular weight is 322 g/mol. The van der Waals surface area contributed by atoms with Crippen molar-refractivity contribution in [2.75, 3.05) is 12.8 Å². The number of hydrogen-bond donors (Lipinski definition) is 1. The number of hydrogen-bond acceptors (Lipinski definition) is 3. The fraction of sp³-hybridized carbons (Fsp3) is 0.667. The van der Waals surface area contributed by atoms with Crippen molar-refractivity contribution in [1.82, 2.24) is 5.32 Å². The molecule has 1 heterocycles. The summed E-state index contributed by atoms with van der Waals surface area (Å²) in [6.45, 7) is 6.62. The van der Waals surface area contributed by atoms with Crippen LogP contribution in [0.4, 0.5) is 0 Å². The van der Waals surface area contributed by atoms with E-state index in [1.807, 2.05) is 11.8 Å². The number of nitrogens with one attached hydrogen (secondary N) is 1. The van der Waals surface area contributed by atoms with E-state index in [0.29, 0.717) is 4.75 Å². The second kappa shape index (κ2) is 7.04. The molecule has 1 rings (SSSR count). The molecule has 92 valence electrons. The molecule has 0 aromatic carbocycles. The van der Waals surface area contributed by atoms with Crippen LogP contribution in [0.25, 0.3) is 0 Å². The lowest BCUT2D eigenvalue weighted by Crippen LogP contribution is -2.36. The molecule has 16 heavy (non-hydrogen) atoms. The second-order valence-corrected chi connectivity index (χ2v) is 7.02. The molecule has 0 aliphatic heterocycles. The van der Waals surface area contributed by atoms with Crippen LogP contribution in [0.5, 0.6) is 0 Å². The summed E-state index contributed by atoms with van der Waals surface area (Å²) in [7, 11) is 0. The standard InChI is InChI=1S/C12H20BrNS2/c1-4-12(5-2,15-3)9-14-8-11-10(13)6-7-16-11/h6-7,14H,4-5,8-9H2,1-3H3. The Morgan fingerprint density at radius 2 is 2.12 bits per heavy atom. The van der Waals surface area contributed by atoms with E-state index in [2.05, 4.69) is 52.8 Å². The van der Waals surface area contributed by atoms with E-state index in [4.69, 9.17) is 0 Å². The van der Waals surface area contributed by atoms with E-state index in [1.165, 1.54) is 22.2 Å². The zero-order valence-corrected chi connectivity index (χ0v) is 13.4. The molecule has 0 radical (unpaired) electrons. The highest BCUT2D eigenvalue weighted by Crippen LogP contribution is 2.30. The molecule has 0 fully saturated rings. The summed E-state index contributed by atoms with van der Waals surface area (Å²) in [5.41, 5.74) is 0. The van der Waals surface area contributed by atoms with E-state index in [9.17, 15) is 0 Å². The van der Waals surface area contributed by atoms with Crippen LogP contribution in [0.1, 0.15) is 31.6 Å². The first-order chi connectivity index (χ1) is 7.67. The van der Waals surface area contributed by atoms with Gasteiger partial charge in [0.1, 0.15) is 0 Å². The van der Waals surface area contributed by atoms with Crippen molar-refractivity contribution in [3.63, 3.8) is 0 Å². The highest BCUT2D eigenvalue weighted by molar-refractivity contribution is 9.10. The first kappa shape index (κ1) is 14.6. The van der Waals surface area contributed by atoms with Crippen LogP contribution in [0.15, 0.2) is 15.9 Å². The average Bonchev–Trinajstić information content (AvgIpc) is 2.71. The van der Waals surface area contributed by atoms with Gasteiger partial charge in [-0.3, -0.25) is 0 Å². The highest BCUT2D eigenvalue weighted by atomic mass is 79.9. The van der Waals surface area contributed by atoms with Crippen LogP contribution in [0.3, 0.4) is 0 Å². The lowest BCUT2D eigenvalue weighted by atomic mass is 10.0. The fourth-order valence-electron chi connectivity index (χ4n) is 1.72. The van der Waals surface area contributed by atoms with E-state index in [-0.39, 0.29) is 0 Å². The van der Waals surface area contributed by atoms with Gasteiger partial charge in [-0.2, -0.15) is 11.8 Å². The maximum absolute atomic E-state index is 3.58. The van der Waals surface area contributed by atoms with Gasteiger partial charge in [-0.25, -0.2) is 0 Å². The van der Waals surface area contributed by atoms with Gasteiger partial charge in [-0.15, -0.1) is 11.3 Å². The van der Waals surface area contributed by atoms with Gasteiger partial charge < -0.3 is 5.32 Å². The molecule has 0 spiro atoms. The third-order valence-electron chi connectivity index (χ3n) is 3.15. The summed E-state index contributed by atoms with van der Waals surface area (Å²) in [4.78, 5) is 1.39. The van der Waals surface area contributed by atoms with E-state index >= 15 is 0 Å². The van der Waals surface area contributed by atoms with Gasteiger partial charge >= 0.3 is 0 Å². The van der Waals surface area contributed by atoms with Gasteiger partial charge in [0.15, 0.2) is 0 Å². The van der Waals surface area contributed by atoms with E-state index in [0.717, 1.165) is 13.1 Å². The topological polar surface area (TPSA) is 12.0 Å². The van der Waals surface area contributed by atoms with Crippen molar-refractivity contribution in [3.8, 4) is 0 Å². The van der Waals surface area contributed by atoms with Crippen molar-refractivity contribution >= 4 is 39.0 Å². The Morgan fingerprint density at radius 3 is 2.56 bits per heavy atom. The molecule has 0 saturated heterocycles. The van der Waals surface area contributed by atoms with E-state index < -0.39 is 0 Å². The summed E-state index contributed by atoms with van der Waals surface area (Å²) in [5.74, 6) is 0. The van der Waals surface area contributed by atoms with E-state index in [1.54, 1.807) is 11.3 Å². The summed E-state index contributed by atoms with van der Waals surface area (Å²) < 4.78 is 1.64. The molecule has 1 N–H and O–H groups in total. The Labute approximate surface area is 116 Å². The van der Waals surface area contributed by atoms with Gasteiger partial charge in [0.25, 0.3) is 0 Å². The van der Waals surface area contributed by atoms with Gasteiger partial charge in [0.05, 0.1) is 0 Å². The molecule has 0 aliphatic rings. The Balaban J connectivity index is 2.42. The molecular formula is C12H20BrNS2. The fourth-order valence-corrected chi connectivity index (χ4v) is 4.00. The van der Waals surface area contributed by atoms with Crippen LogP contribution in [0, 0.1) is 0 Å². The van der Waals surface area contributed by atoms with Crippen LogP contribution in [-0.4, -0.2) is 17.5 Å². The normalized spacial score (nSPS) is 12.0. The molecular weight excluding hydrogens is 302 g/mol. The lowest BCUT2D eigenvalue weighted by Gasteiger charge is -2.29. The summed E-state index contributed by atoms with van der Waals surface area (Å²) in [6, 6.07) is 2.11. The number of halogens is 1. The number of thioether (sulfide) groups is 1. The Morgan fingerprint density at radius 1 is 1.44 bits per heavy atom. The molecule has 0 atom stereocenters. The predicted molar refractivity (Wildman–Crippen MR) is 80.6 cm³/mol. The van der Waals surface area contributed by atoms with Crippen molar-refractivity contribution in [2.24, 2.45) is 0 Å². The number of thiophene rings is 1. The minimum absolute atomic E-state index is 0.406. The SMILES string of the molecule is CCC(CC)(CNCc1sccc1Br)SC. The van der Waals surface area contributed by atoms with Crippen LogP contribution < -0.4 is 5.32 Å². The molecule has 1 aromatic heterocycles. The molecule has 0 unspecified atom stereocenters. The smallest absolute Gasteiger partial charge is 0.0327 e. The summed E-state index contributed by atoms with van der Waals surface area (Å²) >= 11 is 7.36. The molecule has 0 bridgehead atoms. The Hall–Kier alpha value is 0.490. The second-order valence-electron chi connectivity index (χ2n) is 3.89. The van der Waals surface area contributed by atoms with Crippen molar-refractivity contribution < 1.29 is 0 Å².